The average molecular weight is 393 g/mol. The molecule has 2 fully saturated rings. The molecule has 0 aromatic heterocycles. The summed E-state index contributed by atoms with van der Waals surface area (Å²) >= 11 is 6.47. The fourth-order valence-electron chi connectivity index (χ4n) is 4.34. The van der Waals surface area contributed by atoms with Crippen LogP contribution in [0.15, 0.2) is 24.3 Å². The van der Waals surface area contributed by atoms with Crippen LogP contribution in [0.5, 0.6) is 0 Å². The van der Waals surface area contributed by atoms with Crippen LogP contribution in [0.2, 0.25) is 5.02 Å². The number of hydrogen-bond acceptors (Lipinski definition) is 3. The third-order valence-electron chi connectivity index (χ3n) is 5.75. The van der Waals surface area contributed by atoms with Crippen molar-refractivity contribution in [1.82, 2.24) is 10.2 Å². The molecule has 27 heavy (non-hydrogen) atoms. The van der Waals surface area contributed by atoms with E-state index in [1.807, 2.05) is 24.3 Å². The van der Waals surface area contributed by atoms with E-state index in [1.165, 1.54) is 19.3 Å². The SMILES string of the molecule is COCCN1C(=O)CC[C@@H](C(=O)NC2CCCCC2)[C@@H]1c1ccccc1Cl. The lowest BCUT2D eigenvalue weighted by molar-refractivity contribution is -0.144. The molecule has 1 heterocycles. The Hall–Kier alpha value is -1.59. The van der Waals surface area contributed by atoms with Gasteiger partial charge in [0.2, 0.25) is 11.8 Å². The lowest BCUT2D eigenvalue weighted by Gasteiger charge is -2.41. The van der Waals surface area contributed by atoms with E-state index in [1.54, 1.807) is 12.0 Å². The molecule has 3 rings (SSSR count). The number of ether oxygens (including phenoxy) is 1. The Morgan fingerprint density at radius 2 is 1.96 bits per heavy atom. The van der Waals surface area contributed by atoms with Crippen LogP contribution in [0.3, 0.4) is 0 Å². The van der Waals surface area contributed by atoms with E-state index >= 15 is 0 Å². The standard InChI is InChI=1S/C21H29ClN2O3/c1-27-14-13-24-19(25)12-11-17(20(24)16-9-5-6-10-18(16)22)21(26)23-15-7-3-2-4-8-15/h5-6,9-10,15,17,20H,2-4,7-8,11-14H2,1H3,(H,23,26)/t17-,20+/m1/s1. The van der Waals surface area contributed by atoms with Gasteiger partial charge in [0.15, 0.2) is 0 Å². The first kappa shape index (κ1) is 20.2. The molecule has 148 valence electrons. The van der Waals surface area contributed by atoms with Crippen LogP contribution in [0.4, 0.5) is 0 Å². The summed E-state index contributed by atoms with van der Waals surface area (Å²) in [7, 11) is 1.62. The number of halogens is 1. The van der Waals surface area contributed by atoms with Crippen LogP contribution in [-0.2, 0) is 14.3 Å². The van der Waals surface area contributed by atoms with Crippen molar-refractivity contribution in [2.24, 2.45) is 5.92 Å². The zero-order valence-electron chi connectivity index (χ0n) is 16.0. The summed E-state index contributed by atoms with van der Waals surface area (Å²) < 4.78 is 5.20. The molecule has 2 amide bonds. The minimum Gasteiger partial charge on any atom is -0.383 e. The smallest absolute Gasteiger partial charge is 0.225 e. The highest BCUT2D eigenvalue weighted by Crippen LogP contribution is 2.39. The van der Waals surface area contributed by atoms with Gasteiger partial charge in [-0.25, -0.2) is 0 Å². The Kier molecular flexibility index (Phi) is 7.13. The number of nitrogens with zero attached hydrogens (tertiary/aromatic N) is 1. The number of carbonyl (C=O) groups excluding carboxylic acids is 2. The summed E-state index contributed by atoms with van der Waals surface area (Å²) in [5.41, 5.74) is 0.840. The maximum absolute atomic E-state index is 13.2. The Morgan fingerprint density at radius 1 is 1.22 bits per heavy atom. The van der Waals surface area contributed by atoms with Gasteiger partial charge in [-0.1, -0.05) is 49.1 Å². The van der Waals surface area contributed by atoms with Gasteiger partial charge in [0, 0.05) is 31.1 Å². The van der Waals surface area contributed by atoms with Crippen LogP contribution in [-0.4, -0.2) is 43.0 Å². The van der Waals surface area contributed by atoms with Gasteiger partial charge in [-0.15, -0.1) is 0 Å². The maximum Gasteiger partial charge on any atom is 0.225 e. The molecule has 0 bridgehead atoms. The highest BCUT2D eigenvalue weighted by Gasteiger charge is 2.41. The van der Waals surface area contributed by atoms with E-state index in [-0.39, 0.29) is 29.8 Å². The Balaban J connectivity index is 1.86. The predicted molar refractivity (Wildman–Crippen MR) is 106 cm³/mol. The number of rotatable bonds is 6. The third-order valence-corrected chi connectivity index (χ3v) is 6.10. The number of amides is 2. The zero-order chi connectivity index (χ0) is 19.2. The molecule has 1 aromatic carbocycles. The minimum atomic E-state index is -0.348. The second kappa shape index (κ2) is 9.56. The number of methoxy groups -OCH3 is 1. The maximum atomic E-state index is 13.2. The molecule has 1 saturated carbocycles. The fraction of sp³-hybridized carbons (Fsp3) is 0.619. The molecular weight excluding hydrogens is 364 g/mol. The fourth-order valence-corrected chi connectivity index (χ4v) is 4.58. The monoisotopic (exact) mass is 392 g/mol. The van der Waals surface area contributed by atoms with Crippen LogP contribution in [0.1, 0.15) is 56.6 Å². The number of nitrogens with one attached hydrogen (secondary N) is 1. The van der Waals surface area contributed by atoms with Gasteiger partial charge in [-0.2, -0.15) is 0 Å². The lowest BCUT2D eigenvalue weighted by atomic mass is 9.83. The van der Waals surface area contributed by atoms with E-state index in [0.29, 0.717) is 31.0 Å². The van der Waals surface area contributed by atoms with Crippen molar-refractivity contribution < 1.29 is 14.3 Å². The van der Waals surface area contributed by atoms with Gasteiger partial charge in [0.05, 0.1) is 18.6 Å². The summed E-state index contributed by atoms with van der Waals surface area (Å²) in [6.45, 7) is 0.891. The Bertz CT molecular complexity index is 661. The topological polar surface area (TPSA) is 58.6 Å². The number of likely N-dealkylation sites (tertiary alicyclic amines) is 1. The molecule has 2 atom stereocenters. The third kappa shape index (κ3) is 4.82. The molecule has 1 aliphatic heterocycles. The van der Waals surface area contributed by atoms with Gasteiger partial charge in [-0.3, -0.25) is 9.59 Å². The van der Waals surface area contributed by atoms with Crippen molar-refractivity contribution >= 4 is 23.4 Å². The van der Waals surface area contributed by atoms with E-state index in [2.05, 4.69) is 5.32 Å². The van der Waals surface area contributed by atoms with Crippen LogP contribution < -0.4 is 5.32 Å². The number of hydrogen-bond donors (Lipinski definition) is 1. The summed E-state index contributed by atoms with van der Waals surface area (Å²) in [5, 5.41) is 3.84. The largest absolute Gasteiger partial charge is 0.383 e. The summed E-state index contributed by atoms with van der Waals surface area (Å²) in [6, 6.07) is 7.42. The van der Waals surface area contributed by atoms with Crippen molar-refractivity contribution in [2.45, 2.75) is 57.0 Å². The first-order chi connectivity index (χ1) is 13.1. The highest BCUT2D eigenvalue weighted by molar-refractivity contribution is 6.31. The minimum absolute atomic E-state index is 0.0433. The highest BCUT2D eigenvalue weighted by atomic mass is 35.5. The Labute approximate surface area is 166 Å². The number of benzene rings is 1. The van der Waals surface area contributed by atoms with Gasteiger partial charge in [-0.05, 0) is 30.9 Å². The van der Waals surface area contributed by atoms with Gasteiger partial charge < -0.3 is 15.0 Å². The molecule has 0 unspecified atom stereocenters. The van der Waals surface area contributed by atoms with Crippen LogP contribution >= 0.6 is 11.6 Å². The molecular formula is C21H29ClN2O3. The molecule has 0 spiro atoms. The second-order valence-corrected chi connectivity index (χ2v) is 7.94. The van der Waals surface area contributed by atoms with Crippen molar-refractivity contribution in [1.29, 1.82) is 0 Å². The molecule has 6 heteroatoms. The van der Waals surface area contributed by atoms with Gasteiger partial charge in [0.1, 0.15) is 0 Å². The first-order valence-electron chi connectivity index (χ1n) is 9.95. The normalized spacial score (nSPS) is 24.1. The van der Waals surface area contributed by atoms with E-state index in [4.69, 9.17) is 16.3 Å². The van der Waals surface area contributed by atoms with Crippen LogP contribution in [0, 0.1) is 5.92 Å². The molecule has 1 saturated heterocycles. The number of carbonyl (C=O) groups is 2. The molecule has 1 aromatic rings. The van der Waals surface area contributed by atoms with Crippen molar-refractivity contribution in [3.8, 4) is 0 Å². The zero-order valence-corrected chi connectivity index (χ0v) is 16.7. The van der Waals surface area contributed by atoms with E-state index in [9.17, 15) is 9.59 Å². The van der Waals surface area contributed by atoms with Crippen molar-refractivity contribution in [2.75, 3.05) is 20.3 Å². The molecule has 5 nitrogen and oxygen atoms in total. The molecule has 1 N–H and O–H groups in total. The summed E-state index contributed by atoms with van der Waals surface area (Å²) in [6.07, 6.45) is 6.61. The molecule has 2 aliphatic rings. The number of piperidine rings is 1. The average Bonchev–Trinajstić information content (AvgIpc) is 2.68. The van der Waals surface area contributed by atoms with Crippen LogP contribution in [0.25, 0.3) is 0 Å². The van der Waals surface area contributed by atoms with E-state index in [0.717, 1.165) is 18.4 Å². The summed E-state index contributed by atoms with van der Waals surface area (Å²) in [5.74, 6) is -0.193. The lowest BCUT2D eigenvalue weighted by Crippen LogP contribution is -2.50. The van der Waals surface area contributed by atoms with Crippen molar-refractivity contribution in [3.63, 3.8) is 0 Å². The summed E-state index contributed by atoms with van der Waals surface area (Å²) in [4.78, 5) is 27.6. The van der Waals surface area contributed by atoms with Gasteiger partial charge in [0.25, 0.3) is 0 Å². The predicted octanol–water partition coefficient (Wildman–Crippen LogP) is 3.72. The molecule has 0 radical (unpaired) electrons. The van der Waals surface area contributed by atoms with Gasteiger partial charge >= 0.3 is 0 Å². The first-order valence-corrected chi connectivity index (χ1v) is 10.3. The second-order valence-electron chi connectivity index (χ2n) is 7.53. The van der Waals surface area contributed by atoms with Crippen molar-refractivity contribution in [3.05, 3.63) is 34.9 Å². The quantitative estimate of drug-likeness (QED) is 0.802. The van der Waals surface area contributed by atoms with E-state index < -0.39 is 0 Å². The Morgan fingerprint density at radius 3 is 2.67 bits per heavy atom. The molecule has 1 aliphatic carbocycles.